The molecular weight excluding hydrogens is 345 g/mol. The molecule has 8 heteroatoms. The first-order valence-corrected chi connectivity index (χ1v) is 7.44. The van der Waals surface area contributed by atoms with Crippen LogP contribution in [-0.2, 0) is 11.2 Å². The Labute approximate surface area is 146 Å². The third-order valence-corrected chi connectivity index (χ3v) is 3.80. The number of amides is 1. The summed E-state index contributed by atoms with van der Waals surface area (Å²) in [6.07, 6.45) is 0.285. The van der Waals surface area contributed by atoms with E-state index in [0.29, 0.717) is 13.1 Å². The van der Waals surface area contributed by atoms with E-state index in [-0.39, 0.29) is 43.1 Å². The van der Waals surface area contributed by atoms with Crippen molar-refractivity contribution in [2.45, 2.75) is 20.3 Å². The fraction of sp³-hybridized carbons (Fsp3) is 0.429. The first-order valence-electron chi connectivity index (χ1n) is 6.56. The number of carbonyl (C=O) groups is 1. The Morgan fingerprint density at radius 2 is 2.18 bits per heavy atom. The lowest BCUT2D eigenvalue weighted by atomic mass is 10.2. The normalized spacial score (nSPS) is 11.2. The van der Waals surface area contributed by atoms with Crippen molar-refractivity contribution in [3.05, 3.63) is 29.0 Å². The number of furan rings is 1. The van der Waals surface area contributed by atoms with E-state index in [1.807, 2.05) is 31.4 Å². The number of carbonyl (C=O) groups excluding carboxylic acids is 1. The van der Waals surface area contributed by atoms with Gasteiger partial charge in [-0.3, -0.25) is 4.79 Å². The number of hydrogen-bond acceptors (Lipinski definition) is 5. The number of halogens is 2. The lowest BCUT2D eigenvalue weighted by Gasteiger charge is -2.09. The van der Waals surface area contributed by atoms with Gasteiger partial charge in [-0.25, -0.2) is 4.98 Å². The summed E-state index contributed by atoms with van der Waals surface area (Å²) in [5, 5.41) is 5.55. The molecule has 0 spiro atoms. The Morgan fingerprint density at radius 3 is 2.77 bits per heavy atom. The predicted octanol–water partition coefficient (Wildman–Crippen LogP) is 2.81. The van der Waals surface area contributed by atoms with E-state index in [9.17, 15) is 4.79 Å². The Balaban J connectivity index is 0.00000220. The number of nitrogens with one attached hydrogen (secondary N) is 1. The lowest BCUT2D eigenvalue weighted by Crippen LogP contribution is -2.32. The Hall–Kier alpha value is -1.08. The highest BCUT2D eigenvalue weighted by molar-refractivity contribution is 7.13. The summed E-state index contributed by atoms with van der Waals surface area (Å²) in [6, 6.07) is 3.79. The van der Waals surface area contributed by atoms with E-state index in [1.165, 1.54) is 11.3 Å². The van der Waals surface area contributed by atoms with Crippen molar-refractivity contribution in [2.24, 2.45) is 11.7 Å². The minimum atomic E-state index is -0.0298. The monoisotopic (exact) mass is 365 g/mol. The highest BCUT2D eigenvalue weighted by Crippen LogP contribution is 2.25. The molecule has 3 N–H and O–H groups in total. The van der Waals surface area contributed by atoms with E-state index >= 15 is 0 Å². The van der Waals surface area contributed by atoms with E-state index in [2.05, 4.69) is 10.3 Å². The van der Waals surface area contributed by atoms with Crippen molar-refractivity contribution in [2.75, 3.05) is 13.1 Å². The van der Waals surface area contributed by atoms with Crippen LogP contribution in [0.15, 0.2) is 21.9 Å². The maximum absolute atomic E-state index is 11.8. The van der Waals surface area contributed by atoms with Crippen LogP contribution in [0.5, 0.6) is 0 Å². The van der Waals surface area contributed by atoms with Gasteiger partial charge in [0.25, 0.3) is 0 Å². The molecule has 0 aliphatic heterocycles. The highest BCUT2D eigenvalue weighted by Gasteiger charge is 2.11. The summed E-state index contributed by atoms with van der Waals surface area (Å²) in [5.41, 5.74) is 6.27. The zero-order valence-electron chi connectivity index (χ0n) is 12.5. The maximum Gasteiger partial charge on any atom is 0.226 e. The van der Waals surface area contributed by atoms with Gasteiger partial charge >= 0.3 is 0 Å². The Bertz CT molecular complexity index is 586. The molecule has 2 aromatic heterocycles. The van der Waals surface area contributed by atoms with Crippen LogP contribution in [0.25, 0.3) is 10.8 Å². The third kappa shape index (κ3) is 5.96. The molecule has 0 saturated carbocycles. The quantitative estimate of drug-likeness (QED) is 0.824. The molecule has 0 radical (unpaired) electrons. The Kier molecular flexibility index (Phi) is 9.36. The summed E-state index contributed by atoms with van der Waals surface area (Å²) in [6.45, 7) is 5.06. The second-order valence-electron chi connectivity index (χ2n) is 4.88. The molecule has 1 amide bonds. The van der Waals surface area contributed by atoms with Crippen LogP contribution in [0.3, 0.4) is 0 Å². The topological polar surface area (TPSA) is 81.2 Å². The molecule has 0 fully saturated rings. The van der Waals surface area contributed by atoms with Gasteiger partial charge in [-0.2, -0.15) is 0 Å². The summed E-state index contributed by atoms with van der Waals surface area (Å²) in [7, 11) is 0. The summed E-state index contributed by atoms with van der Waals surface area (Å²) < 4.78 is 5.51. The number of thiazole rings is 1. The minimum absolute atomic E-state index is 0. The first kappa shape index (κ1) is 20.9. The zero-order chi connectivity index (χ0) is 14.5. The lowest BCUT2D eigenvalue weighted by molar-refractivity contribution is -0.120. The van der Waals surface area contributed by atoms with Gasteiger partial charge in [0, 0.05) is 11.9 Å². The Morgan fingerprint density at radius 1 is 1.45 bits per heavy atom. The van der Waals surface area contributed by atoms with Gasteiger partial charge in [0.1, 0.15) is 5.76 Å². The molecular formula is C14H21Cl2N3O2S. The largest absolute Gasteiger partial charge is 0.459 e. The number of nitrogens with two attached hydrogens (primary N) is 1. The zero-order valence-corrected chi connectivity index (χ0v) is 14.9. The second-order valence-corrected chi connectivity index (χ2v) is 5.73. The molecule has 5 nitrogen and oxygen atoms in total. The van der Waals surface area contributed by atoms with Crippen molar-refractivity contribution in [1.29, 1.82) is 0 Å². The summed E-state index contributed by atoms with van der Waals surface area (Å²) in [5.74, 6) is 1.86. The van der Waals surface area contributed by atoms with Gasteiger partial charge in [-0.05, 0) is 31.5 Å². The predicted molar refractivity (Wildman–Crippen MR) is 94.0 cm³/mol. The second kappa shape index (κ2) is 9.84. The van der Waals surface area contributed by atoms with Gasteiger partial charge in [-0.15, -0.1) is 36.2 Å². The fourth-order valence-corrected chi connectivity index (χ4v) is 2.43. The van der Waals surface area contributed by atoms with Gasteiger partial charge in [0.15, 0.2) is 10.8 Å². The average Bonchev–Trinajstić information content (AvgIpc) is 3.05. The molecule has 0 aliphatic rings. The van der Waals surface area contributed by atoms with Crippen LogP contribution in [0.4, 0.5) is 0 Å². The van der Waals surface area contributed by atoms with Crippen LogP contribution in [0.2, 0.25) is 0 Å². The highest BCUT2D eigenvalue weighted by atomic mass is 35.5. The van der Waals surface area contributed by atoms with E-state index in [1.54, 1.807) is 0 Å². The van der Waals surface area contributed by atoms with Gasteiger partial charge in [0.2, 0.25) is 5.91 Å². The van der Waals surface area contributed by atoms with E-state index in [0.717, 1.165) is 22.2 Å². The molecule has 1 unspecified atom stereocenters. The van der Waals surface area contributed by atoms with Crippen LogP contribution in [0.1, 0.15) is 18.4 Å². The molecule has 2 rings (SSSR count). The minimum Gasteiger partial charge on any atom is -0.459 e. The molecule has 2 aromatic rings. The fourth-order valence-electron chi connectivity index (χ4n) is 1.65. The van der Waals surface area contributed by atoms with Crippen molar-refractivity contribution >= 4 is 42.1 Å². The molecule has 0 bridgehead atoms. The van der Waals surface area contributed by atoms with E-state index in [4.69, 9.17) is 10.2 Å². The number of nitrogens with zero attached hydrogens (tertiary/aromatic N) is 1. The van der Waals surface area contributed by atoms with Gasteiger partial charge in [0.05, 0.1) is 12.1 Å². The van der Waals surface area contributed by atoms with Crippen LogP contribution >= 0.6 is 36.2 Å². The smallest absolute Gasteiger partial charge is 0.226 e. The molecule has 0 saturated heterocycles. The number of hydrogen-bond donors (Lipinski definition) is 2. The molecule has 2 heterocycles. The van der Waals surface area contributed by atoms with Crippen molar-refractivity contribution in [3.63, 3.8) is 0 Å². The summed E-state index contributed by atoms with van der Waals surface area (Å²) in [4.78, 5) is 16.2. The van der Waals surface area contributed by atoms with Crippen molar-refractivity contribution in [1.82, 2.24) is 10.3 Å². The molecule has 0 aliphatic carbocycles. The van der Waals surface area contributed by atoms with Gasteiger partial charge in [-0.1, -0.05) is 6.92 Å². The third-order valence-electron chi connectivity index (χ3n) is 2.89. The molecule has 22 heavy (non-hydrogen) atoms. The summed E-state index contributed by atoms with van der Waals surface area (Å²) >= 11 is 1.48. The molecule has 1 atom stereocenters. The number of aromatic nitrogens is 1. The maximum atomic E-state index is 11.8. The van der Waals surface area contributed by atoms with Crippen molar-refractivity contribution < 1.29 is 9.21 Å². The van der Waals surface area contributed by atoms with Gasteiger partial charge < -0.3 is 15.5 Å². The van der Waals surface area contributed by atoms with Crippen molar-refractivity contribution in [3.8, 4) is 10.8 Å². The first-order chi connectivity index (χ1) is 9.58. The number of aryl methyl sites for hydroxylation is 1. The van der Waals surface area contributed by atoms with Crippen LogP contribution < -0.4 is 11.1 Å². The molecule has 0 aromatic carbocycles. The number of rotatable bonds is 6. The standard InChI is InChI=1S/C14H19N3O2S.2ClH/c1-9(6-15)7-16-13(18)5-11-8-20-14(17-11)12-4-3-10(2)19-12;;/h3-4,8-9H,5-7,15H2,1-2H3,(H,16,18);2*1H. The molecule has 124 valence electrons. The van der Waals surface area contributed by atoms with E-state index < -0.39 is 0 Å². The SMILES string of the molecule is Cc1ccc(-c2nc(CC(=O)NCC(C)CN)cs2)o1.Cl.Cl. The van der Waals surface area contributed by atoms with Crippen LogP contribution in [0, 0.1) is 12.8 Å². The average molecular weight is 366 g/mol. The van der Waals surface area contributed by atoms with Crippen LogP contribution in [-0.4, -0.2) is 24.0 Å².